The van der Waals surface area contributed by atoms with Crippen molar-refractivity contribution < 1.29 is 14.3 Å². The van der Waals surface area contributed by atoms with Crippen molar-refractivity contribution in [1.82, 2.24) is 10.2 Å². The highest BCUT2D eigenvalue weighted by Crippen LogP contribution is 2.20. The summed E-state index contributed by atoms with van der Waals surface area (Å²) < 4.78 is 13.0. The van der Waals surface area contributed by atoms with Crippen LogP contribution in [0.25, 0.3) is 0 Å². The minimum absolute atomic E-state index is 0.164. The molecule has 0 fully saturated rings. The van der Waals surface area contributed by atoms with Gasteiger partial charge in [-0.1, -0.05) is 41.4 Å². The van der Waals surface area contributed by atoms with Gasteiger partial charge in [-0.2, -0.15) is 0 Å². The number of rotatable bonds is 6. The molecule has 2 aromatic carbocycles. The summed E-state index contributed by atoms with van der Waals surface area (Å²) in [6.45, 7) is 0.495. The van der Waals surface area contributed by atoms with E-state index in [4.69, 9.17) is 28.3 Å². The van der Waals surface area contributed by atoms with Gasteiger partial charge in [0.05, 0.1) is 6.61 Å². The molecule has 128 valence electrons. The summed E-state index contributed by atoms with van der Waals surface area (Å²) in [7, 11) is 0. The zero-order chi connectivity index (χ0) is 17.5. The Balaban J connectivity index is 1.99. The highest BCUT2D eigenvalue weighted by atomic mass is 35.5. The molecule has 4 nitrogen and oxygen atoms in total. The number of carbonyl (C=O) groups is 1. The van der Waals surface area contributed by atoms with E-state index in [1.807, 2.05) is 0 Å². The fourth-order valence-corrected chi connectivity index (χ4v) is 2.61. The maximum absolute atomic E-state index is 13.0. The molecule has 0 saturated heterocycles. The standard InChI is InChI=1S/C17H17Cl2FN2O2/c18-14-4-3-13(16(19)9-14)10-21-17(24)22(7-8-23)11-12-1-5-15(20)6-2-12/h1-6,9,23H,7-8,10-11H2,(H,21,24). The monoisotopic (exact) mass is 370 g/mol. The molecule has 0 saturated carbocycles. The molecule has 2 N–H and O–H groups in total. The lowest BCUT2D eigenvalue weighted by Crippen LogP contribution is -2.40. The summed E-state index contributed by atoms with van der Waals surface area (Å²) in [5.74, 6) is -0.339. The van der Waals surface area contributed by atoms with Crippen molar-refractivity contribution in [2.75, 3.05) is 13.2 Å². The van der Waals surface area contributed by atoms with Crippen molar-refractivity contribution in [1.29, 1.82) is 0 Å². The normalized spacial score (nSPS) is 10.5. The van der Waals surface area contributed by atoms with Crippen LogP contribution < -0.4 is 5.32 Å². The van der Waals surface area contributed by atoms with Crippen LogP contribution in [-0.2, 0) is 13.1 Å². The van der Waals surface area contributed by atoms with E-state index in [2.05, 4.69) is 5.32 Å². The summed E-state index contributed by atoms with van der Waals surface area (Å²) in [4.78, 5) is 13.8. The number of benzene rings is 2. The number of hydrogen-bond donors (Lipinski definition) is 2. The Hall–Kier alpha value is -1.82. The van der Waals surface area contributed by atoms with Gasteiger partial charge in [0.1, 0.15) is 5.82 Å². The average Bonchev–Trinajstić information content (AvgIpc) is 2.55. The fourth-order valence-electron chi connectivity index (χ4n) is 2.13. The van der Waals surface area contributed by atoms with Crippen LogP contribution in [0.1, 0.15) is 11.1 Å². The second-order valence-corrected chi connectivity index (χ2v) is 6.01. The number of aliphatic hydroxyl groups is 1. The quantitative estimate of drug-likeness (QED) is 0.811. The van der Waals surface area contributed by atoms with E-state index in [1.54, 1.807) is 30.3 Å². The Morgan fingerprint density at radius 2 is 1.88 bits per heavy atom. The van der Waals surface area contributed by atoms with Crippen molar-refractivity contribution in [3.8, 4) is 0 Å². The predicted molar refractivity (Wildman–Crippen MR) is 92.6 cm³/mol. The van der Waals surface area contributed by atoms with E-state index in [9.17, 15) is 9.18 Å². The Bertz CT molecular complexity index is 695. The first-order valence-corrected chi connectivity index (χ1v) is 8.07. The van der Waals surface area contributed by atoms with Crippen molar-refractivity contribution in [3.05, 3.63) is 69.5 Å². The lowest BCUT2D eigenvalue weighted by molar-refractivity contribution is 0.173. The van der Waals surface area contributed by atoms with Crippen LogP contribution in [0.5, 0.6) is 0 Å². The largest absolute Gasteiger partial charge is 0.395 e. The molecule has 2 rings (SSSR count). The van der Waals surface area contributed by atoms with Crippen molar-refractivity contribution in [2.45, 2.75) is 13.1 Å². The number of halogens is 3. The third-order valence-electron chi connectivity index (χ3n) is 3.39. The van der Waals surface area contributed by atoms with E-state index in [0.717, 1.165) is 11.1 Å². The third-order valence-corrected chi connectivity index (χ3v) is 3.98. The Morgan fingerprint density at radius 3 is 2.50 bits per heavy atom. The number of carbonyl (C=O) groups excluding carboxylic acids is 1. The van der Waals surface area contributed by atoms with Crippen molar-refractivity contribution >= 4 is 29.2 Å². The van der Waals surface area contributed by atoms with Gasteiger partial charge in [-0.25, -0.2) is 9.18 Å². The Labute approximate surface area is 149 Å². The second-order valence-electron chi connectivity index (χ2n) is 5.17. The summed E-state index contributed by atoms with van der Waals surface area (Å²) >= 11 is 11.9. The van der Waals surface area contributed by atoms with Crippen LogP contribution in [0.3, 0.4) is 0 Å². The topological polar surface area (TPSA) is 52.6 Å². The highest BCUT2D eigenvalue weighted by Gasteiger charge is 2.14. The van der Waals surface area contributed by atoms with Gasteiger partial charge in [-0.3, -0.25) is 0 Å². The molecule has 0 radical (unpaired) electrons. The smallest absolute Gasteiger partial charge is 0.318 e. The number of nitrogens with zero attached hydrogens (tertiary/aromatic N) is 1. The average molecular weight is 371 g/mol. The van der Waals surface area contributed by atoms with E-state index in [1.165, 1.54) is 17.0 Å². The van der Waals surface area contributed by atoms with Gasteiger partial charge in [0.2, 0.25) is 0 Å². The maximum atomic E-state index is 13.0. The summed E-state index contributed by atoms with van der Waals surface area (Å²) in [6.07, 6.45) is 0. The summed E-state index contributed by atoms with van der Waals surface area (Å²) in [6, 6.07) is 10.6. The second kappa shape index (κ2) is 8.87. The third kappa shape index (κ3) is 5.37. The molecule has 0 bridgehead atoms. The Kier molecular flexibility index (Phi) is 6.85. The molecule has 0 aliphatic heterocycles. The molecule has 0 aliphatic rings. The first kappa shape index (κ1) is 18.5. The van der Waals surface area contributed by atoms with Crippen LogP contribution >= 0.6 is 23.2 Å². The van der Waals surface area contributed by atoms with Crippen molar-refractivity contribution in [2.24, 2.45) is 0 Å². The molecule has 0 aliphatic carbocycles. The van der Waals surface area contributed by atoms with E-state index >= 15 is 0 Å². The lowest BCUT2D eigenvalue weighted by atomic mass is 10.2. The number of nitrogens with one attached hydrogen (secondary N) is 1. The maximum Gasteiger partial charge on any atom is 0.318 e. The SMILES string of the molecule is O=C(NCc1ccc(Cl)cc1Cl)N(CCO)Cc1ccc(F)cc1. The van der Waals surface area contributed by atoms with E-state index < -0.39 is 0 Å². The zero-order valence-corrected chi connectivity index (χ0v) is 14.3. The lowest BCUT2D eigenvalue weighted by Gasteiger charge is -2.22. The number of hydrogen-bond acceptors (Lipinski definition) is 2. The minimum Gasteiger partial charge on any atom is -0.395 e. The van der Waals surface area contributed by atoms with Crippen LogP contribution in [0.15, 0.2) is 42.5 Å². The van der Waals surface area contributed by atoms with Gasteiger partial charge in [0.25, 0.3) is 0 Å². The molecular weight excluding hydrogens is 354 g/mol. The zero-order valence-electron chi connectivity index (χ0n) is 12.8. The van der Waals surface area contributed by atoms with Gasteiger partial charge in [-0.05, 0) is 35.4 Å². The molecule has 2 aromatic rings. The molecule has 0 heterocycles. The fraction of sp³-hybridized carbons (Fsp3) is 0.235. The van der Waals surface area contributed by atoms with Gasteiger partial charge < -0.3 is 15.3 Å². The molecule has 24 heavy (non-hydrogen) atoms. The van der Waals surface area contributed by atoms with Crippen LogP contribution in [-0.4, -0.2) is 29.2 Å². The Morgan fingerprint density at radius 1 is 1.17 bits per heavy atom. The van der Waals surface area contributed by atoms with E-state index in [-0.39, 0.29) is 38.1 Å². The molecule has 0 atom stereocenters. The predicted octanol–water partition coefficient (Wildman–Crippen LogP) is 3.84. The molecule has 2 amide bonds. The summed E-state index contributed by atoms with van der Waals surface area (Å²) in [5.41, 5.74) is 1.50. The first-order chi connectivity index (χ1) is 11.5. The van der Waals surface area contributed by atoms with Crippen LogP contribution in [0, 0.1) is 5.82 Å². The minimum atomic E-state index is -0.348. The van der Waals surface area contributed by atoms with E-state index in [0.29, 0.717) is 10.0 Å². The van der Waals surface area contributed by atoms with Crippen molar-refractivity contribution in [3.63, 3.8) is 0 Å². The number of amides is 2. The first-order valence-electron chi connectivity index (χ1n) is 7.31. The molecule has 0 aromatic heterocycles. The number of urea groups is 1. The van der Waals surface area contributed by atoms with Gasteiger partial charge in [0.15, 0.2) is 0 Å². The van der Waals surface area contributed by atoms with Gasteiger partial charge in [-0.15, -0.1) is 0 Å². The molecular formula is C17H17Cl2FN2O2. The van der Waals surface area contributed by atoms with Crippen LogP contribution in [0.4, 0.5) is 9.18 Å². The molecule has 7 heteroatoms. The van der Waals surface area contributed by atoms with Gasteiger partial charge >= 0.3 is 6.03 Å². The molecule has 0 unspecified atom stereocenters. The van der Waals surface area contributed by atoms with Crippen LogP contribution in [0.2, 0.25) is 10.0 Å². The molecule has 0 spiro atoms. The highest BCUT2D eigenvalue weighted by molar-refractivity contribution is 6.35. The summed E-state index contributed by atoms with van der Waals surface area (Å²) in [5, 5.41) is 12.9. The number of aliphatic hydroxyl groups excluding tert-OH is 1. The van der Waals surface area contributed by atoms with Gasteiger partial charge in [0, 0.05) is 29.7 Å².